The van der Waals surface area contributed by atoms with Crippen LogP contribution in [0.2, 0.25) is 0 Å². The maximum absolute atomic E-state index is 12.9. The zero-order chi connectivity index (χ0) is 35.5. The van der Waals surface area contributed by atoms with E-state index in [4.69, 9.17) is 4.74 Å². The molecule has 0 radical (unpaired) electrons. The monoisotopic (exact) mass is 664 g/mol. The molecule has 0 saturated heterocycles. The van der Waals surface area contributed by atoms with Gasteiger partial charge in [-0.05, 0) is 60.7 Å². The largest absolute Gasteiger partial charge is 0.507 e. The average Bonchev–Trinajstić information content (AvgIpc) is 3.05. The van der Waals surface area contributed by atoms with Gasteiger partial charge < -0.3 is 34.8 Å². The van der Waals surface area contributed by atoms with Gasteiger partial charge in [0.05, 0.1) is 30.7 Å². The molecule has 14 nitrogen and oxygen atoms in total. The lowest BCUT2D eigenvalue weighted by molar-refractivity contribution is -0.149. The second kappa shape index (κ2) is 16.6. The first-order valence-electron chi connectivity index (χ1n) is 14.9. The van der Waals surface area contributed by atoms with Crippen LogP contribution in [0.4, 0.5) is 11.4 Å². The van der Waals surface area contributed by atoms with Crippen LogP contribution in [0.5, 0.6) is 11.5 Å². The number of carboxylic acid groups (broad SMARTS) is 3. The first-order valence-corrected chi connectivity index (χ1v) is 14.9. The molecule has 4 N–H and O–H groups in total. The van der Waals surface area contributed by atoms with E-state index in [-0.39, 0.29) is 60.0 Å². The van der Waals surface area contributed by atoms with Crippen LogP contribution in [-0.4, -0.2) is 87.3 Å². The van der Waals surface area contributed by atoms with Gasteiger partial charge in [-0.1, -0.05) is 37.3 Å². The van der Waals surface area contributed by atoms with Crippen LogP contribution in [0.1, 0.15) is 58.5 Å². The van der Waals surface area contributed by atoms with E-state index in [9.17, 15) is 49.2 Å². The van der Waals surface area contributed by atoms with Crippen molar-refractivity contribution in [1.82, 2.24) is 4.90 Å². The molecule has 0 aliphatic carbocycles. The first kappa shape index (κ1) is 36.5. The average molecular weight is 665 g/mol. The third-order valence-electron chi connectivity index (χ3n) is 7.47. The van der Waals surface area contributed by atoms with E-state index < -0.39 is 41.7 Å². The number of aryl methyl sites for hydroxylation is 1. The summed E-state index contributed by atoms with van der Waals surface area (Å²) in [6, 6.07) is 13.0. The molecule has 48 heavy (non-hydrogen) atoms. The lowest BCUT2D eigenvalue weighted by Crippen LogP contribution is -2.46. The summed E-state index contributed by atoms with van der Waals surface area (Å²) >= 11 is 0. The number of hydrogen-bond donors (Lipinski definition) is 4. The SMILES string of the molecule is CCc1cc(CC(C(=O)O)N(CCCCOc2cccc(O)c2C(=O)OC)C(C)=O)ccc1N(C(=O)C(=O)O)c1ccccc1C(=O)O. The van der Waals surface area contributed by atoms with E-state index >= 15 is 0 Å². The summed E-state index contributed by atoms with van der Waals surface area (Å²) in [5, 5.41) is 39.4. The van der Waals surface area contributed by atoms with Crippen molar-refractivity contribution in [3.63, 3.8) is 0 Å². The van der Waals surface area contributed by atoms with Crippen molar-refractivity contribution in [3.05, 3.63) is 82.9 Å². The second-order valence-corrected chi connectivity index (χ2v) is 10.6. The molecule has 1 unspecified atom stereocenters. The number of carbonyl (C=O) groups excluding carboxylic acids is 3. The molecule has 0 aromatic heterocycles. The van der Waals surface area contributed by atoms with Crippen LogP contribution in [-0.2, 0) is 36.8 Å². The Bertz CT molecular complexity index is 1700. The molecule has 1 atom stereocenters. The summed E-state index contributed by atoms with van der Waals surface area (Å²) in [6.07, 6.45) is 0.854. The van der Waals surface area contributed by atoms with E-state index in [1.54, 1.807) is 13.0 Å². The van der Waals surface area contributed by atoms with E-state index in [2.05, 4.69) is 4.74 Å². The normalized spacial score (nSPS) is 11.2. The zero-order valence-corrected chi connectivity index (χ0v) is 26.5. The third-order valence-corrected chi connectivity index (χ3v) is 7.47. The quantitative estimate of drug-likeness (QED) is 0.104. The van der Waals surface area contributed by atoms with Crippen LogP contribution in [0, 0.1) is 0 Å². The van der Waals surface area contributed by atoms with Crippen molar-refractivity contribution < 1.29 is 58.7 Å². The van der Waals surface area contributed by atoms with Gasteiger partial charge in [-0.3, -0.25) is 14.5 Å². The topological polar surface area (TPSA) is 208 Å². The standard InChI is InChI=1S/C34H36N2O12/c1-4-22-18-21(14-15-24(22)36(30(39)33(44)45)25-11-6-5-10-23(25)31(40)41)19-26(32(42)43)35(20(2)37)16-7-8-17-48-28-13-9-12-27(38)29(28)34(46)47-3/h5-6,9-15,18,26,38H,4,7-8,16-17,19H2,1-3H3,(H,40,41)(H,42,43)(H,44,45). The number of rotatable bonds is 15. The molecule has 3 rings (SSSR count). The number of esters is 1. The van der Waals surface area contributed by atoms with E-state index in [0.717, 1.165) is 4.90 Å². The number of amides is 2. The third kappa shape index (κ3) is 8.66. The number of para-hydroxylation sites is 1. The van der Waals surface area contributed by atoms with Gasteiger partial charge in [0.1, 0.15) is 23.1 Å². The Kier molecular flexibility index (Phi) is 12.6. The van der Waals surface area contributed by atoms with Crippen LogP contribution in [0.25, 0.3) is 0 Å². The van der Waals surface area contributed by atoms with Gasteiger partial charge in [0, 0.05) is 19.9 Å². The van der Waals surface area contributed by atoms with Crippen LogP contribution < -0.4 is 9.64 Å². The number of nitrogens with zero attached hydrogens (tertiary/aromatic N) is 2. The molecule has 0 heterocycles. The highest BCUT2D eigenvalue weighted by Crippen LogP contribution is 2.33. The van der Waals surface area contributed by atoms with Gasteiger partial charge in [0.2, 0.25) is 5.91 Å². The Morgan fingerprint density at radius 2 is 1.58 bits per heavy atom. The van der Waals surface area contributed by atoms with Gasteiger partial charge >= 0.3 is 29.8 Å². The molecule has 0 aliphatic rings. The molecule has 2 amide bonds. The van der Waals surface area contributed by atoms with Crippen molar-refractivity contribution in [1.29, 1.82) is 0 Å². The molecule has 3 aromatic carbocycles. The summed E-state index contributed by atoms with van der Waals surface area (Å²) in [5.41, 5.74) is 0.454. The number of anilines is 2. The highest BCUT2D eigenvalue weighted by Gasteiger charge is 2.31. The molecule has 3 aromatic rings. The summed E-state index contributed by atoms with van der Waals surface area (Å²) in [4.78, 5) is 75.6. The minimum Gasteiger partial charge on any atom is -0.507 e. The summed E-state index contributed by atoms with van der Waals surface area (Å²) in [5.74, 6) is -7.28. The Morgan fingerprint density at radius 3 is 2.19 bits per heavy atom. The summed E-state index contributed by atoms with van der Waals surface area (Å²) in [7, 11) is 1.17. The van der Waals surface area contributed by atoms with Gasteiger partial charge in [0.25, 0.3) is 0 Å². The number of methoxy groups -OCH3 is 1. The molecule has 0 spiro atoms. The smallest absolute Gasteiger partial charge is 0.395 e. The minimum atomic E-state index is -1.81. The number of ether oxygens (including phenoxy) is 2. The molecule has 0 fully saturated rings. The Morgan fingerprint density at radius 1 is 0.875 bits per heavy atom. The zero-order valence-electron chi connectivity index (χ0n) is 26.5. The lowest BCUT2D eigenvalue weighted by atomic mass is 9.98. The Labute approximate surface area is 275 Å². The molecule has 0 bridgehead atoms. The number of aromatic carboxylic acids is 1. The van der Waals surface area contributed by atoms with Gasteiger partial charge in [0.15, 0.2) is 0 Å². The van der Waals surface area contributed by atoms with Crippen LogP contribution in [0.15, 0.2) is 60.7 Å². The molecule has 0 aliphatic heterocycles. The second-order valence-electron chi connectivity index (χ2n) is 10.6. The molecule has 254 valence electrons. The van der Waals surface area contributed by atoms with Crippen LogP contribution in [0.3, 0.4) is 0 Å². The number of hydrogen-bond acceptors (Lipinski definition) is 9. The van der Waals surface area contributed by atoms with E-state index in [0.29, 0.717) is 24.0 Å². The fourth-order valence-electron chi connectivity index (χ4n) is 5.16. The van der Waals surface area contributed by atoms with Crippen LogP contribution >= 0.6 is 0 Å². The van der Waals surface area contributed by atoms with Gasteiger partial charge in [-0.25, -0.2) is 19.2 Å². The number of carbonyl (C=O) groups is 6. The fraction of sp³-hybridized carbons (Fsp3) is 0.294. The van der Waals surface area contributed by atoms with Crippen molar-refractivity contribution >= 4 is 47.1 Å². The lowest BCUT2D eigenvalue weighted by Gasteiger charge is -2.29. The molecule has 0 saturated carbocycles. The Balaban J connectivity index is 1.82. The number of aliphatic carboxylic acids is 2. The van der Waals surface area contributed by atoms with Gasteiger partial charge in [-0.2, -0.15) is 0 Å². The Hall–Kier alpha value is -5.92. The van der Waals surface area contributed by atoms with Crippen molar-refractivity contribution in [2.75, 3.05) is 25.2 Å². The predicted octanol–water partition coefficient (Wildman–Crippen LogP) is 3.89. The number of unbranched alkanes of at least 4 members (excludes halogenated alkanes) is 1. The van der Waals surface area contributed by atoms with Crippen molar-refractivity contribution in [3.8, 4) is 11.5 Å². The van der Waals surface area contributed by atoms with Gasteiger partial charge in [-0.15, -0.1) is 0 Å². The highest BCUT2D eigenvalue weighted by atomic mass is 16.5. The number of aromatic hydroxyl groups is 1. The van der Waals surface area contributed by atoms with E-state index in [1.165, 1.54) is 73.5 Å². The van der Waals surface area contributed by atoms with Crippen molar-refractivity contribution in [2.45, 2.75) is 45.6 Å². The summed E-state index contributed by atoms with van der Waals surface area (Å²) in [6.45, 7) is 3.14. The maximum Gasteiger partial charge on any atom is 0.395 e. The number of benzene rings is 3. The fourth-order valence-corrected chi connectivity index (χ4v) is 5.16. The number of carboxylic acids is 3. The number of phenols is 1. The maximum atomic E-state index is 12.9. The molecular formula is C34H36N2O12. The predicted molar refractivity (Wildman–Crippen MR) is 171 cm³/mol. The molecular weight excluding hydrogens is 628 g/mol. The van der Waals surface area contributed by atoms with E-state index in [1.807, 2.05) is 0 Å². The molecule has 14 heteroatoms. The highest BCUT2D eigenvalue weighted by molar-refractivity contribution is 6.39. The summed E-state index contributed by atoms with van der Waals surface area (Å²) < 4.78 is 10.3. The minimum absolute atomic E-state index is 0.0607. The number of phenolic OH excluding ortho intramolecular Hbond substituents is 1. The first-order chi connectivity index (χ1) is 22.8. The van der Waals surface area contributed by atoms with Crippen molar-refractivity contribution in [2.24, 2.45) is 0 Å².